The summed E-state index contributed by atoms with van der Waals surface area (Å²) in [6.45, 7) is 7.10. The summed E-state index contributed by atoms with van der Waals surface area (Å²) in [4.78, 5) is 32.5. The minimum Gasteiger partial charge on any atom is -0.490 e. The fraction of sp³-hybridized carbons (Fsp3) is 0.562. The third-order valence-corrected chi connectivity index (χ3v) is 7.63. The van der Waals surface area contributed by atoms with Crippen LogP contribution in [0.4, 0.5) is 5.69 Å². The Balaban J connectivity index is 1.88. The van der Waals surface area contributed by atoms with Crippen LogP contribution >= 0.6 is 0 Å². The summed E-state index contributed by atoms with van der Waals surface area (Å²) in [5.74, 6) is 0.299. The molecule has 0 radical (unpaired) electrons. The largest absolute Gasteiger partial charge is 0.490 e. The van der Waals surface area contributed by atoms with Crippen LogP contribution in [0.5, 0.6) is 5.75 Å². The summed E-state index contributed by atoms with van der Waals surface area (Å²) in [5, 5.41) is 10.1. The maximum absolute atomic E-state index is 14.1. The Bertz CT molecular complexity index is 1090. The van der Waals surface area contributed by atoms with E-state index in [9.17, 15) is 14.7 Å². The molecule has 8 nitrogen and oxygen atoms in total. The Labute approximate surface area is 239 Å². The second-order valence-corrected chi connectivity index (χ2v) is 11.3. The molecule has 0 spiro atoms. The molecule has 1 aliphatic heterocycles. The van der Waals surface area contributed by atoms with Gasteiger partial charge in [0, 0.05) is 52.4 Å². The van der Waals surface area contributed by atoms with Crippen molar-refractivity contribution in [3.8, 4) is 5.75 Å². The van der Waals surface area contributed by atoms with E-state index in [0.29, 0.717) is 37.4 Å². The number of carbonyl (C=O) groups is 2. The Kier molecular flexibility index (Phi) is 11.8. The fourth-order valence-electron chi connectivity index (χ4n) is 4.93. The zero-order valence-electron chi connectivity index (χ0n) is 25.0. The summed E-state index contributed by atoms with van der Waals surface area (Å²) in [6, 6.07) is 15.0. The van der Waals surface area contributed by atoms with E-state index >= 15 is 0 Å². The standard InChI is InChI=1S/C32H47N3O5/c1-23-20-35(24(2)22-36)32(38)28-19-27(33(4)5)15-16-29(28)40-25(3)12-10-11-17-39-30(23)21-34(6)31(37)18-26-13-8-7-9-14-26/h7-9,13-16,19,23-25,30,36H,10-12,17-18,20-22H2,1-6H3/t23-,24+,25-,30+/m0/s1. The molecule has 0 bridgehead atoms. The molecule has 40 heavy (non-hydrogen) atoms. The predicted octanol–water partition coefficient (Wildman–Crippen LogP) is 4.25. The smallest absolute Gasteiger partial charge is 0.258 e. The maximum Gasteiger partial charge on any atom is 0.258 e. The summed E-state index contributed by atoms with van der Waals surface area (Å²) in [7, 11) is 5.68. The van der Waals surface area contributed by atoms with Crippen molar-refractivity contribution in [2.45, 2.75) is 64.7 Å². The fourth-order valence-corrected chi connectivity index (χ4v) is 4.93. The van der Waals surface area contributed by atoms with E-state index in [1.807, 2.05) is 95.3 Å². The molecule has 0 saturated heterocycles. The van der Waals surface area contributed by atoms with Crippen LogP contribution in [0.2, 0.25) is 0 Å². The molecule has 2 amide bonds. The molecule has 2 aromatic carbocycles. The quantitative estimate of drug-likeness (QED) is 0.552. The van der Waals surface area contributed by atoms with Gasteiger partial charge in [0.25, 0.3) is 5.91 Å². The molecule has 0 fully saturated rings. The van der Waals surface area contributed by atoms with Gasteiger partial charge in [-0.3, -0.25) is 9.59 Å². The van der Waals surface area contributed by atoms with Crippen LogP contribution in [-0.4, -0.2) is 92.4 Å². The third-order valence-electron chi connectivity index (χ3n) is 7.63. The molecular weight excluding hydrogens is 506 g/mol. The van der Waals surface area contributed by atoms with Crippen molar-refractivity contribution in [2.75, 3.05) is 52.3 Å². The lowest BCUT2D eigenvalue weighted by Gasteiger charge is -2.36. The van der Waals surface area contributed by atoms with Crippen molar-refractivity contribution in [1.82, 2.24) is 9.80 Å². The molecule has 220 valence electrons. The Morgan fingerprint density at radius 1 is 1.10 bits per heavy atom. The highest BCUT2D eigenvalue weighted by atomic mass is 16.5. The third kappa shape index (κ3) is 8.70. The lowest BCUT2D eigenvalue weighted by Crippen LogP contribution is -2.48. The number of carbonyl (C=O) groups excluding carboxylic acids is 2. The minimum absolute atomic E-state index is 0.0224. The van der Waals surface area contributed by atoms with Crippen LogP contribution in [0.15, 0.2) is 48.5 Å². The van der Waals surface area contributed by atoms with Crippen molar-refractivity contribution < 1.29 is 24.2 Å². The first kappa shape index (κ1) is 31.4. The van der Waals surface area contributed by atoms with Gasteiger partial charge in [-0.25, -0.2) is 0 Å². The van der Waals surface area contributed by atoms with E-state index in [0.717, 1.165) is 30.5 Å². The van der Waals surface area contributed by atoms with Crippen molar-refractivity contribution in [2.24, 2.45) is 5.92 Å². The number of benzene rings is 2. The molecule has 4 atom stereocenters. The molecule has 0 aromatic heterocycles. The topological polar surface area (TPSA) is 82.6 Å². The molecule has 2 aromatic rings. The minimum atomic E-state index is -0.408. The molecule has 1 N–H and O–H groups in total. The summed E-state index contributed by atoms with van der Waals surface area (Å²) >= 11 is 0. The van der Waals surface area contributed by atoms with Gasteiger partial charge in [-0.15, -0.1) is 0 Å². The first-order valence-electron chi connectivity index (χ1n) is 14.4. The van der Waals surface area contributed by atoms with Gasteiger partial charge in [0.05, 0.1) is 36.8 Å². The number of anilines is 1. The number of hydrogen-bond donors (Lipinski definition) is 1. The van der Waals surface area contributed by atoms with Crippen molar-refractivity contribution in [3.05, 3.63) is 59.7 Å². The molecule has 0 aliphatic carbocycles. The molecular formula is C32H47N3O5. The highest BCUT2D eigenvalue weighted by Crippen LogP contribution is 2.29. The van der Waals surface area contributed by atoms with Gasteiger partial charge in [-0.2, -0.15) is 0 Å². The number of aliphatic hydroxyl groups is 1. The number of aliphatic hydroxyl groups excluding tert-OH is 1. The number of rotatable bonds is 7. The predicted molar refractivity (Wildman–Crippen MR) is 159 cm³/mol. The highest BCUT2D eigenvalue weighted by Gasteiger charge is 2.31. The monoisotopic (exact) mass is 553 g/mol. The van der Waals surface area contributed by atoms with Crippen molar-refractivity contribution in [1.29, 1.82) is 0 Å². The Hall–Kier alpha value is -3.10. The van der Waals surface area contributed by atoms with Gasteiger partial charge >= 0.3 is 0 Å². The van der Waals surface area contributed by atoms with Gasteiger partial charge in [0.2, 0.25) is 5.91 Å². The van der Waals surface area contributed by atoms with Gasteiger partial charge in [-0.05, 0) is 56.9 Å². The molecule has 1 aliphatic rings. The van der Waals surface area contributed by atoms with Gasteiger partial charge in [-0.1, -0.05) is 37.3 Å². The van der Waals surface area contributed by atoms with E-state index in [-0.39, 0.29) is 36.5 Å². The Morgan fingerprint density at radius 3 is 2.50 bits per heavy atom. The van der Waals surface area contributed by atoms with E-state index in [4.69, 9.17) is 9.47 Å². The van der Waals surface area contributed by atoms with E-state index in [1.165, 1.54) is 0 Å². The number of likely N-dealkylation sites (N-methyl/N-ethyl adjacent to an activating group) is 1. The average Bonchev–Trinajstić information content (AvgIpc) is 2.94. The second kappa shape index (κ2) is 15.1. The molecule has 8 heteroatoms. The summed E-state index contributed by atoms with van der Waals surface area (Å²) in [5.41, 5.74) is 2.35. The van der Waals surface area contributed by atoms with Crippen molar-refractivity contribution in [3.63, 3.8) is 0 Å². The number of ether oxygens (including phenoxy) is 2. The van der Waals surface area contributed by atoms with Crippen LogP contribution in [0, 0.1) is 5.92 Å². The lowest BCUT2D eigenvalue weighted by atomic mass is 10.0. The highest BCUT2D eigenvalue weighted by molar-refractivity contribution is 5.98. The molecule has 1 heterocycles. The van der Waals surface area contributed by atoms with Crippen LogP contribution in [0.3, 0.4) is 0 Å². The van der Waals surface area contributed by atoms with Crippen LogP contribution in [0.1, 0.15) is 56.0 Å². The molecule has 0 unspecified atom stereocenters. The SMILES string of the molecule is C[C@H](CO)N1C[C@H](C)[C@@H](CN(C)C(=O)Cc2ccccc2)OCCCC[C@H](C)Oc2ccc(N(C)C)cc2C1=O. The molecule has 0 saturated carbocycles. The second-order valence-electron chi connectivity index (χ2n) is 11.3. The van der Waals surface area contributed by atoms with Gasteiger partial charge in [0.15, 0.2) is 0 Å². The Morgan fingerprint density at radius 2 is 1.82 bits per heavy atom. The zero-order valence-corrected chi connectivity index (χ0v) is 25.0. The number of hydrogen-bond acceptors (Lipinski definition) is 6. The van der Waals surface area contributed by atoms with Crippen molar-refractivity contribution >= 4 is 17.5 Å². The molecule has 3 rings (SSSR count). The summed E-state index contributed by atoms with van der Waals surface area (Å²) < 4.78 is 12.7. The van der Waals surface area contributed by atoms with Gasteiger partial charge < -0.3 is 29.3 Å². The summed E-state index contributed by atoms with van der Waals surface area (Å²) in [6.07, 6.45) is 2.63. The van der Waals surface area contributed by atoms with Crippen LogP contribution < -0.4 is 9.64 Å². The lowest BCUT2D eigenvalue weighted by molar-refractivity contribution is -0.131. The maximum atomic E-state index is 14.1. The van der Waals surface area contributed by atoms with E-state index in [2.05, 4.69) is 0 Å². The van der Waals surface area contributed by atoms with Gasteiger partial charge in [0.1, 0.15) is 5.75 Å². The number of amides is 2. The number of fused-ring (bicyclic) bond motifs is 1. The first-order valence-corrected chi connectivity index (χ1v) is 14.4. The van der Waals surface area contributed by atoms with E-state index in [1.54, 1.807) is 9.80 Å². The van der Waals surface area contributed by atoms with Crippen LogP contribution in [0.25, 0.3) is 0 Å². The van der Waals surface area contributed by atoms with E-state index < -0.39 is 6.04 Å². The number of nitrogens with zero attached hydrogens (tertiary/aromatic N) is 3. The average molecular weight is 554 g/mol. The van der Waals surface area contributed by atoms with Crippen LogP contribution in [-0.2, 0) is 16.0 Å². The normalized spacial score (nSPS) is 21.5. The zero-order chi connectivity index (χ0) is 29.2. The first-order chi connectivity index (χ1) is 19.1.